The molecule has 0 saturated carbocycles. The molecule has 0 radical (unpaired) electrons. The second kappa shape index (κ2) is 7.15. The number of thiophene rings is 1. The van der Waals surface area contributed by atoms with Crippen LogP contribution in [0.3, 0.4) is 0 Å². The van der Waals surface area contributed by atoms with Crippen molar-refractivity contribution in [2.75, 3.05) is 0 Å². The first-order chi connectivity index (χ1) is 9.58. The van der Waals surface area contributed by atoms with Crippen LogP contribution < -0.4 is 10.1 Å². The molecule has 1 atom stereocenters. The Labute approximate surface area is 128 Å². The van der Waals surface area contributed by atoms with Crippen LogP contribution in [0.4, 0.5) is 8.78 Å². The average Bonchev–Trinajstić information content (AvgIpc) is 2.81. The van der Waals surface area contributed by atoms with Crippen molar-refractivity contribution in [3.8, 4) is 5.75 Å². The molecule has 0 aliphatic rings. The van der Waals surface area contributed by atoms with Gasteiger partial charge in [-0.1, -0.05) is 18.2 Å². The van der Waals surface area contributed by atoms with Crippen molar-refractivity contribution in [1.82, 2.24) is 5.32 Å². The van der Waals surface area contributed by atoms with E-state index in [0.29, 0.717) is 6.54 Å². The maximum atomic E-state index is 12.4. The molecule has 0 amide bonds. The third-order valence-corrected chi connectivity index (χ3v) is 4.79. The molecule has 1 aromatic heterocycles. The Bertz CT molecular complexity index is 562. The normalized spacial score (nSPS) is 12.7. The van der Waals surface area contributed by atoms with E-state index in [0.717, 1.165) is 10.0 Å². The summed E-state index contributed by atoms with van der Waals surface area (Å²) in [5.74, 6) is 0.216. The number of hydrogen-bond acceptors (Lipinski definition) is 3. The lowest BCUT2D eigenvalue weighted by atomic mass is 10.1. The Morgan fingerprint density at radius 2 is 2.05 bits per heavy atom. The van der Waals surface area contributed by atoms with Crippen molar-refractivity contribution in [3.63, 3.8) is 0 Å². The van der Waals surface area contributed by atoms with Gasteiger partial charge < -0.3 is 10.1 Å². The van der Waals surface area contributed by atoms with E-state index in [1.165, 1.54) is 4.88 Å². The molecule has 1 heterocycles. The van der Waals surface area contributed by atoms with Gasteiger partial charge in [-0.25, -0.2) is 0 Å². The van der Waals surface area contributed by atoms with Crippen molar-refractivity contribution in [2.24, 2.45) is 0 Å². The summed E-state index contributed by atoms with van der Waals surface area (Å²) in [6, 6.07) is 8.75. The fourth-order valence-electron chi connectivity index (χ4n) is 1.85. The second-order valence-corrected chi connectivity index (χ2v) is 6.07. The molecule has 0 saturated heterocycles. The van der Waals surface area contributed by atoms with E-state index in [2.05, 4.69) is 26.0 Å². The quantitative estimate of drug-likeness (QED) is 0.784. The van der Waals surface area contributed by atoms with Gasteiger partial charge in [0.25, 0.3) is 0 Å². The fourth-order valence-corrected chi connectivity index (χ4v) is 3.29. The largest absolute Gasteiger partial charge is 0.434 e. The number of nitrogens with one attached hydrogen (secondary N) is 1. The Morgan fingerprint density at radius 3 is 2.70 bits per heavy atom. The summed E-state index contributed by atoms with van der Waals surface area (Å²) in [6.45, 7) is -0.216. The van der Waals surface area contributed by atoms with Gasteiger partial charge in [-0.05, 0) is 40.4 Å². The van der Waals surface area contributed by atoms with Gasteiger partial charge in [0, 0.05) is 27.5 Å². The van der Waals surface area contributed by atoms with E-state index in [4.69, 9.17) is 0 Å². The van der Waals surface area contributed by atoms with Crippen molar-refractivity contribution < 1.29 is 13.5 Å². The first kappa shape index (κ1) is 15.4. The number of hydrogen-bond donors (Lipinski definition) is 1. The predicted molar refractivity (Wildman–Crippen MR) is 80.3 cm³/mol. The van der Waals surface area contributed by atoms with Crippen LogP contribution in [0, 0.1) is 0 Å². The van der Waals surface area contributed by atoms with Crippen molar-refractivity contribution in [1.29, 1.82) is 0 Å². The molecule has 0 bridgehead atoms. The molecular formula is C14H14BrF2NOS. The maximum Gasteiger partial charge on any atom is 0.387 e. The topological polar surface area (TPSA) is 21.3 Å². The standard InChI is InChI=1S/C14H14BrF2NOS/c1-9(18-8-13-11(15)6-7-20-13)10-4-2-3-5-12(10)19-14(16)17/h2-7,9,14,18H,8H2,1H3. The summed E-state index contributed by atoms with van der Waals surface area (Å²) < 4.78 is 30.4. The minimum atomic E-state index is -2.81. The monoisotopic (exact) mass is 361 g/mol. The van der Waals surface area contributed by atoms with Crippen LogP contribution in [0.15, 0.2) is 40.2 Å². The highest BCUT2D eigenvalue weighted by Gasteiger charge is 2.14. The van der Waals surface area contributed by atoms with Gasteiger partial charge in [-0.2, -0.15) is 8.78 Å². The van der Waals surface area contributed by atoms with Gasteiger partial charge >= 0.3 is 6.61 Å². The van der Waals surface area contributed by atoms with Crippen LogP contribution in [0.1, 0.15) is 23.4 Å². The van der Waals surface area contributed by atoms with Crippen LogP contribution >= 0.6 is 27.3 Å². The number of para-hydroxylation sites is 1. The minimum absolute atomic E-state index is 0.0843. The van der Waals surface area contributed by atoms with Crippen LogP contribution in [-0.2, 0) is 6.54 Å². The fraction of sp³-hybridized carbons (Fsp3) is 0.286. The number of halogens is 3. The van der Waals surface area contributed by atoms with Gasteiger partial charge in [0.15, 0.2) is 0 Å². The Kier molecular flexibility index (Phi) is 5.51. The lowest BCUT2D eigenvalue weighted by Crippen LogP contribution is -2.19. The molecule has 2 aromatic rings. The zero-order valence-corrected chi connectivity index (χ0v) is 13.2. The number of rotatable bonds is 6. The SMILES string of the molecule is CC(NCc1sccc1Br)c1ccccc1OC(F)F. The molecular weight excluding hydrogens is 348 g/mol. The van der Waals surface area contributed by atoms with Gasteiger partial charge in [0.2, 0.25) is 0 Å². The molecule has 1 N–H and O–H groups in total. The van der Waals surface area contributed by atoms with E-state index in [1.807, 2.05) is 24.4 Å². The molecule has 2 nitrogen and oxygen atoms in total. The van der Waals surface area contributed by atoms with Crippen molar-refractivity contribution in [2.45, 2.75) is 26.1 Å². The van der Waals surface area contributed by atoms with Crippen molar-refractivity contribution in [3.05, 3.63) is 50.6 Å². The number of alkyl halides is 2. The highest BCUT2D eigenvalue weighted by atomic mass is 79.9. The molecule has 2 rings (SSSR count). The zero-order chi connectivity index (χ0) is 14.5. The van der Waals surface area contributed by atoms with Crippen LogP contribution in [-0.4, -0.2) is 6.61 Å². The summed E-state index contributed by atoms with van der Waals surface area (Å²) in [6.07, 6.45) is 0. The molecule has 0 fully saturated rings. The van der Waals surface area contributed by atoms with Gasteiger partial charge in [0.05, 0.1) is 0 Å². The molecule has 0 aliphatic carbocycles. The summed E-state index contributed by atoms with van der Waals surface area (Å²) in [5, 5.41) is 5.31. The smallest absolute Gasteiger partial charge is 0.387 e. The predicted octanol–water partition coefficient (Wildman–Crippen LogP) is 4.96. The van der Waals surface area contributed by atoms with Crippen molar-refractivity contribution >= 4 is 27.3 Å². The van der Waals surface area contributed by atoms with Crippen LogP contribution in [0.25, 0.3) is 0 Å². The first-order valence-electron chi connectivity index (χ1n) is 6.07. The molecule has 1 unspecified atom stereocenters. The third-order valence-electron chi connectivity index (χ3n) is 2.86. The summed E-state index contributed by atoms with van der Waals surface area (Å²) in [4.78, 5) is 1.17. The maximum absolute atomic E-state index is 12.4. The van der Waals surface area contributed by atoms with E-state index < -0.39 is 6.61 Å². The molecule has 6 heteroatoms. The summed E-state index contributed by atoms with van der Waals surface area (Å²) in [5.41, 5.74) is 0.723. The Hall–Kier alpha value is -0.980. The Balaban J connectivity index is 2.05. The number of benzene rings is 1. The lowest BCUT2D eigenvalue weighted by molar-refractivity contribution is -0.0506. The van der Waals surface area contributed by atoms with E-state index in [9.17, 15) is 8.78 Å². The van der Waals surface area contributed by atoms with E-state index in [1.54, 1.807) is 29.5 Å². The summed E-state index contributed by atoms with van der Waals surface area (Å²) >= 11 is 5.11. The molecule has 20 heavy (non-hydrogen) atoms. The first-order valence-corrected chi connectivity index (χ1v) is 7.74. The highest BCUT2D eigenvalue weighted by Crippen LogP contribution is 2.28. The van der Waals surface area contributed by atoms with Crippen LogP contribution in [0.5, 0.6) is 5.75 Å². The lowest BCUT2D eigenvalue weighted by Gasteiger charge is -2.17. The van der Waals surface area contributed by atoms with E-state index >= 15 is 0 Å². The number of ether oxygens (including phenoxy) is 1. The highest BCUT2D eigenvalue weighted by molar-refractivity contribution is 9.10. The van der Waals surface area contributed by atoms with Crippen LogP contribution in [0.2, 0.25) is 0 Å². The van der Waals surface area contributed by atoms with Gasteiger partial charge in [-0.15, -0.1) is 11.3 Å². The molecule has 0 aliphatic heterocycles. The molecule has 1 aromatic carbocycles. The zero-order valence-electron chi connectivity index (χ0n) is 10.8. The average molecular weight is 362 g/mol. The summed E-state index contributed by atoms with van der Waals surface area (Å²) in [7, 11) is 0. The Morgan fingerprint density at radius 1 is 1.30 bits per heavy atom. The van der Waals surface area contributed by atoms with E-state index in [-0.39, 0.29) is 11.8 Å². The third kappa shape index (κ3) is 4.01. The van der Waals surface area contributed by atoms with Gasteiger partial charge in [0.1, 0.15) is 5.75 Å². The second-order valence-electron chi connectivity index (χ2n) is 4.21. The molecule has 108 valence electrons. The minimum Gasteiger partial charge on any atom is -0.434 e. The van der Waals surface area contributed by atoms with Gasteiger partial charge in [-0.3, -0.25) is 0 Å². The molecule has 0 spiro atoms.